The van der Waals surface area contributed by atoms with E-state index >= 15 is 0 Å². The quantitative estimate of drug-likeness (QED) is 0.861. The Labute approximate surface area is 143 Å². The molecule has 5 nitrogen and oxygen atoms in total. The summed E-state index contributed by atoms with van der Waals surface area (Å²) in [4.78, 5) is 12.0. The van der Waals surface area contributed by atoms with Crippen molar-refractivity contribution >= 4 is 11.5 Å². The Morgan fingerprint density at radius 2 is 2.20 bits per heavy atom. The van der Waals surface area contributed by atoms with Crippen molar-refractivity contribution in [2.24, 2.45) is 5.41 Å². The average molecular weight is 350 g/mol. The van der Waals surface area contributed by atoms with Gasteiger partial charge in [-0.15, -0.1) is 0 Å². The first-order chi connectivity index (χ1) is 11.9. The van der Waals surface area contributed by atoms with Gasteiger partial charge in [-0.05, 0) is 61.6 Å². The number of aromatic nitrogens is 2. The van der Waals surface area contributed by atoms with Gasteiger partial charge in [-0.3, -0.25) is 0 Å². The van der Waals surface area contributed by atoms with Crippen molar-refractivity contribution in [3.8, 4) is 0 Å². The first-order valence-electron chi connectivity index (χ1n) is 8.51. The third-order valence-corrected chi connectivity index (χ3v) is 5.64. The first-order valence-corrected chi connectivity index (χ1v) is 8.51. The van der Waals surface area contributed by atoms with Crippen LogP contribution in [0.25, 0.3) is 5.52 Å². The lowest BCUT2D eigenvalue weighted by atomic mass is 9.46. The zero-order valence-corrected chi connectivity index (χ0v) is 13.9. The Hall–Kier alpha value is -2.02. The van der Waals surface area contributed by atoms with Crippen molar-refractivity contribution in [3.63, 3.8) is 0 Å². The first kappa shape index (κ1) is 16.4. The van der Waals surface area contributed by atoms with Gasteiger partial charge >= 0.3 is 5.97 Å². The molecule has 0 radical (unpaired) electrons. The number of alkyl halides is 2. The molecule has 0 atom stereocenters. The third kappa shape index (κ3) is 2.52. The zero-order chi connectivity index (χ0) is 17.8. The predicted octanol–water partition coefficient (Wildman–Crippen LogP) is 3.16. The minimum absolute atomic E-state index is 0.147. The summed E-state index contributed by atoms with van der Waals surface area (Å²) < 4.78 is 32.3. The van der Waals surface area contributed by atoms with Gasteiger partial charge in [0.25, 0.3) is 6.43 Å². The molecular formula is C18H20F2N2O3. The molecule has 0 amide bonds. The fraction of sp³-hybridized carbons (Fsp3) is 0.556. The normalized spacial score (nSPS) is 31.2. The van der Waals surface area contributed by atoms with Crippen LogP contribution in [0.5, 0.6) is 0 Å². The van der Waals surface area contributed by atoms with Gasteiger partial charge in [-0.1, -0.05) is 0 Å². The number of nitrogens with zero attached hydrogens (tertiary/aromatic N) is 2. The van der Waals surface area contributed by atoms with Crippen LogP contribution in [0.2, 0.25) is 0 Å². The summed E-state index contributed by atoms with van der Waals surface area (Å²) in [5.41, 5.74) is 0.239. The Morgan fingerprint density at radius 3 is 2.84 bits per heavy atom. The van der Waals surface area contributed by atoms with Gasteiger partial charge < -0.3 is 9.84 Å². The summed E-state index contributed by atoms with van der Waals surface area (Å²) in [5.74, 6) is -0.141. The van der Waals surface area contributed by atoms with Crippen LogP contribution in [0, 0.1) is 5.41 Å². The van der Waals surface area contributed by atoms with Gasteiger partial charge in [0, 0.05) is 6.20 Å². The van der Waals surface area contributed by atoms with E-state index in [9.17, 15) is 18.7 Å². The average Bonchev–Trinajstić information content (AvgIpc) is 2.92. The zero-order valence-electron chi connectivity index (χ0n) is 13.9. The Bertz CT molecular complexity index is 819. The molecule has 1 N–H and O–H groups in total. The molecule has 2 aliphatic rings. The maximum Gasteiger partial charge on any atom is 0.341 e. The number of rotatable bonds is 4. The minimum Gasteiger partial charge on any atom is -0.462 e. The lowest BCUT2D eigenvalue weighted by Crippen LogP contribution is -2.60. The minimum atomic E-state index is -2.67. The predicted molar refractivity (Wildman–Crippen MR) is 85.7 cm³/mol. The van der Waals surface area contributed by atoms with Gasteiger partial charge in [-0.25, -0.2) is 18.1 Å². The number of hydrogen-bond donors (Lipinski definition) is 1. The van der Waals surface area contributed by atoms with Crippen molar-refractivity contribution in [2.45, 2.75) is 50.6 Å². The summed E-state index contributed by atoms with van der Waals surface area (Å²) in [6, 6.07) is 3.87. The number of ether oxygens (including phenoxy) is 1. The van der Waals surface area contributed by atoms with Crippen LogP contribution in [-0.2, 0) is 4.74 Å². The van der Waals surface area contributed by atoms with E-state index in [0.29, 0.717) is 17.7 Å². The number of fused-ring (bicyclic) bond motifs is 1. The van der Waals surface area contributed by atoms with E-state index in [1.807, 2.05) is 12.1 Å². The Morgan fingerprint density at radius 1 is 1.48 bits per heavy atom. The molecule has 2 saturated carbocycles. The molecular weight excluding hydrogens is 330 g/mol. The molecule has 2 fully saturated rings. The second-order valence-corrected chi connectivity index (χ2v) is 7.43. The summed E-state index contributed by atoms with van der Waals surface area (Å²) in [6.07, 6.45) is 2.56. The smallest absolute Gasteiger partial charge is 0.341 e. The number of esters is 1. The highest BCUT2D eigenvalue weighted by atomic mass is 19.3. The highest BCUT2D eigenvalue weighted by Crippen LogP contribution is 2.66. The van der Waals surface area contributed by atoms with Crippen LogP contribution in [0.3, 0.4) is 0 Å². The van der Waals surface area contributed by atoms with Crippen LogP contribution in [-0.4, -0.2) is 39.3 Å². The second kappa shape index (κ2) is 5.49. The fourth-order valence-corrected chi connectivity index (χ4v) is 4.53. The van der Waals surface area contributed by atoms with E-state index < -0.39 is 18.0 Å². The highest BCUT2D eigenvalue weighted by Gasteiger charge is 2.63. The summed E-state index contributed by atoms with van der Waals surface area (Å²) in [7, 11) is 0. The molecule has 2 aliphatic carbocycles. The largest absolute Gasteiger partial charge is 0.462 e. The summed E-state index contributed by atoms with van der Waals surface area (Å²) in [5, 5.41) is 14.0. The van der Waals surface area contributed by atoms with E-state index in [1.165, 1.54) is 6.20 Å². The molecule has 0 bridgehead atoms. The van der Waals surface area contributed by atoms with Crippen molar-refractivity contribution in [1.82, 2.24) is 9.61 Å². The summed E-state index contributed by atoms with van der Waals surface area (Å²) >= 11 is 0. The van der Waals surface area contributed by atoms with Gasteiger partial charge in [0.1, 0.15) is 11.2 Å². The van der Waals surface area contributed by atoms with E-state index in [0.717, 1.165) is 18.4 Å². The molecule has 0 aliphatic heterocycles. The molecule has 4 rings (SSSR count). The second-order valence-electron chi connectivity index (χ2n) is 7.43. The van der Waals surface area contributed by atoms with E-state index in [2.05, 4.69) is 5.10 Å². The maximum atomic E-state index is 12.8. The van der Waals surface area contributed by atoms with E-state index in [-0.39, 0.29) is 24.2 Å². The van der Waals surface area contributed by atoms with Crippen molar-refractivity contribution in [1.29, 1.82) is 0 Å². The maximum absolute atomic E-state index is 12.8. The van der Waals surface area contributed by atoms with Gasteiger partial charge in [-0.2, -0.15) is 5.10 Å². The number of carbonyl (C=O) groups excluding carboxylic acids is 1. The molecule has 1 spiro atoms. The lowest BCUT2D eigenvalue weighted by Gasteiger charge is -2.61. The van der Waals surface area contributed by atoms with Crippen molar-refractivity contribution in [3.05, 3.63) is 35.7 Å². The molecule has 2 heterocycles. The molecule has 0 unspecified atom stereocenters. The molecule has 25 heavy (non-hydrogen) atoms. The Balaban J connectivity index is 1.50. The highest BCUT2D eigenvalue weighted by molar-refractivity contribution is 5.96. The molecule has 0 aromatic carbocycles. The van der Waals surface area contributed by atoms with Crippen LogP contribution < -0.4 is 0 Å². The molecule has 0 saturated heterocycles. The van der Waals surface area contributed by atoms with Crippen molar-refractivity contribution < 1.29 is 23.4 Å². The topological polar surface area (TPSA) is 63.8 Å². The summed E-state index contributed by atoms with van der Waals surface area (Å²) in [6.45, 7) is 2.05. The molecule has 2 aromatic rings. The van der Waals surface area contributed by atoms with Crippen LogP contribution >= 0.6 is 0 Å². The molecule has 7 heteroatoms. The van der Waals surface area contributed by atoms with Gasteiger partial charge in [0.2, 0.25) is 0 Å². The van der Waals surface area contributed by atoms with Crippen LogP contribution in [0.1, 0.15) is 54.4 Å². The standard InChI is InChI=1S/C18H20F2N2O3/c1-2-25-15(23)13-8-21-22-4-3-11(5-14(13)22)12-6-17(7-12)9-18(24,10-17)16(19)20/h3-5,8,12,16,24H,2,6-7,9-10H2,1H3. The SMILES string of the molecule is CCOC(=O)c1cnn2ccc(C3CC4(C3)CC(O)(C(F)F)C4)cc12. The van der Waals surface area contributed by atoms with Gasteiger partial charge in [0.05, 0.1) is 18.3 Å². The number of halogens is 2. The van der Waals surface area contributed by atoms with E-state index in [4.69, 9.17) is 4.74 Å². The Kier molecular flexibility index (Phi) is 3.61. The van der Waals surface area contributed by atoms with E-state index in [1.54, 1.807) is 17.6 Å². The molecule has 2 aromatic heterocycles. The van der Waals surface area contributed by atoms with Crippen LogP contribution in [0.4, 0.5) is 8.78 Å². The van der Waals surface area contributed by atoms with Crippen molar-refractivity contribution in [2.75, 3.05) is 6.61 Å². The van der Waals surface area contributed by atoms with Crippen LogP contribution in [0.15, 0.2) is 24.5 Å². The third-order valence-electron chi connectivity index (χ3n) is 5.64. The number of carbonyl (C=O) groups is 1. The number of hydrogen-bond acceptors (Lipinski definition) is 4. The number of pyridine rings is 1. The lowest BCUT2D eigenvalue weighted by molar-refractivity contribution is -0.228. The molecule has 134 valence electrons. The van der Waals surface area contributed by atoms with Gasteiger partial charge in [0.15, 0.2) is 0 Å². The number of aliphatic hydroxyl groups is 1. The fourth-order valence-electron chi connectivity index (χ4n) is 4.53. The monoisotopic (exact) mass is 350 g/mol.